The first-order valence-electron chi connectivity index (χ1n) is 7.33. The molecule has 0 aromatic heterocycles. The van der Waals surface area contributed by atoms with Crippen LogP contribution in [0.25, 0.3) is 6.08 Å². The van der Waals surface area contributed by atoms with E-state index in [9.17, 15) is 9.59 Å². The van der Waals surface area contributed by atoms with Crippen LogP contribution in [0.4, 0.5) is 0 Å². The van der Waals surface area contributed by atoms with Crippen LogP contribution in [0.5, 0.6) is 11.5 Å². The number of thiocarbonyl (C=S) groups is 1. The van der Waals surface area contributed by atoms with Gasteiger partial charge in [-0.2, -0.15) is 0 Å². The van der Waals surface area contributed by atoms with E-state index in [0.717, 1.165) is 0 Å². The lowest BCUT2D eigenvalue weighted by molar-refractivity contribution is -0.128. The van der Waals surface area contributed by atoms with Crippen molar-refractivity contribution in [3.63, 3.8) is 0 Å². The Morgan fingerprint density at radius 3 is 2.38 bits per heavy atom. The average Bonchev–Trinajstić information content (AvgIpc) is 2.53. The molecule has 1 aliphatic rings. The number of carbonyl (C=O) groups is 2. The number of benzene rings is 1. The molecule has 8 heteroatoms. The number of rotatable bonds is 5. The van der Waals surface area contributed by atoms with E-state index in [1.54, 1.807) is 12.1 Å². The summed E-state index contributed by atoms with van der Waals surface area (Å²) in [4.78, 5) is 25.6. The Hall–Kier alpha value is -1.93. The van der Waals surface area contributed by atoms with Gasteiger partial charge in [0.15, 0.2) is 16.6 Å². The molecule has 1 heterocycles. The highest BCUT2D eigenvalue weighted by Crippen LogP contribution is 2.35. The highest BCUT2D eigenvalue weighted by molar-refractivity contribution is 9.10. The standard InChI is InChI=1S/C16H17BrN2O4S/c1-4-22-12-7-9(11(17)8-13(12)23-5-2)6-10-14(20)18-16(24)19(3)15(10)21/h6-8H,4-5H2,1-3H3,(H,18,20,24)/b10-6+. The van der Waals surface area contributed by atoms with Crippen LogP contribution in [-0.4, -0.2) is 42.1 Å². The van der Waals surface area contributed by atoms with E-state index >= 15 is 0 Å². The third-order valence-corrected chi connectivity index (χ3v) is 4.33. The van der Waals surface area contributed by atoms with Gasteiger partial charge >= 0.3 is 0 Å². The minimum absolute atomic E-state index is 0.00147. The fourth-order valence-electron chi connectivity index (χ4n) is 2.10. The van der Waals surface area contributed by atoms with Gasteiger partial charge in [-0.25, -0.2) is 0 Å². The highest BCUT2D eigenvalue weighted by atomic mass is 79.9. The first-order valence-corrected chi connectivity index (χ1v) is 8.53. The predicted octanol–water partition coefficient (Wildman–Crippen LogP) is 2.50. The van der Waals surface area contributed by atoms with E-state index in [-0.39, 0.29) is 10.7 Å². The molecule has 24 heavy (non-hydrogen) atoms. The Morgan fingerprint density at radius 1 is 1.21 bits per heavy atom. The van der Waals surface area contributed by atoms with Crippen molar-refractivity contribution in [3.8, 4) is 11.5 Å². The molecule has 1 aliphatic heterocycles. The van der Waals surface area contributed by atoms with Gasteiger partial charge in [0.2, 0.25) is 0 Å². The molecule has 2 rings (SSSR count). The number of hydrogen-bond acceptors (Lipinski definition) is 5. The molecule has 1 saturated heterocycles. The summed E-state index contributed by atoms with van der Waals surface area (Å²) in [6, 6.07) is 3.47. The third kappa shape index (κ3) is 3.76. The van der Waals surface area contributed by atoms with Gasteiger partial charge in [-0.1, -0.05) is 15.9 Å². The Morgan fingerprint density at radius 2 is 1.79 bits per heavy atom. The maximum Gasteiger partial charge on any atom is 0.265 e. The van der Waals surface area contributed by atoms with Gasteiger partial charge in [0.05, 0.1) is 13.2 Å². The van der Waals surface area contributed by atoms with E-state index < -0.39 is 11.8 Å². The Kier molecular flexibility index (Phi) is 5.95. The fourth-order valence-corrected chi connectivity index (χ4v) is 2.71. The van der Waals surface area contributed by atoms with E-state index in [0.29, 0.717) is 34.7 Å². The summed E-state index contributed by atoms with van der Waals surface area (Å²) in [7, 11) is 1.51. The molecule has 128 valence electrons. The summed E-state index contributed by atoms with van der Waals surface area (Å²) in [6.45, 7) is 4.71. The largest absolute Gasteiger partial charge is 0.490 e. The lowest BCUT2D eigenvalue weighted by Gasteiger charge is -2.25. The number of ether oxygens (including phenoxy) is 2. The molecule has 2 amide bonds. The minimum Gasteiger partial charge on any atom is -0.490 e. The maximum atomic E-state index is 12.3. The van der Waals surface area contributed by atoms with Crippen LogP contribution in [-0.2, 0) is 9.59 Å². The Labute approximate surface area is 153 Å². The summed E-state index contributed by atoms with van der Waals surface area (Å²) in [5.74, 6) is 0.150. The van der Waals surface area contributed by atoms with Crippen LogP contribution in [0, 0.1) is 0 Å². The number of likely N-dealkylation sites (N-methyl/N-ethyl adjacent to an activating group) is 1. The van der Waals surface area contributed by atoms with Gasteiger partial charge in [-0.05, 0) is 49.8 Å². The molecule has 0 saturated carbocycles. The van der Waals surface area contributed by atoms with Crippen LogP contribution < -0.4 is 14.8 Å². The van der Waals surface area contributed by atoms with Crippen molar-refractivity contribution in [2.45, 2.75) is 13.8 Å². The number of nitrogens with one attached hydrogen (secondary N) is 1. The van der Waals surface area contributed by atoms with Gasteiger partial charge in [0, 0.05) is 11.5 Å². The van der Waals surface area contributed by atoms with Crippen LogP contribution >= 0.6 is 28.1 Å². The number of hydrogen-bond donors (Lipinski definition) is 1. The molecule has 0 unspecified atom stereocenters. The zero-order valence-electron chi connectivity index (χ0n) is 13.5. The molecule has 1 aromatic carbocycles. The molecule has 1 fully saturated rings. The predicted molar refractivity (Wildman–Crippen MR) is 98.0 cm³/mol. The number of nitrogens with zero attached hydrogens (tertiary/aromatic N) is 1. The van der Waals surface area contributed by atoms with Gasteiger partial charge in [0.1, 0.15) is 5.57 Å². The van der Waals surface area contributed by atoms with Crippen molar-refractivity contribution in [1.29, 1.82) is 0 Å². The highest BCUT2D eigenvalue weighted by Gasteiger charge is 2.31. The lowest BCUT2D eigenvalue weighted by Crippen LogP contribution is -2.52. The average molecular weight is 413 g/mol. The quantitative estimate of drug-likeness (QED) is 0.457. The van der Waals surface area contributed by atoms with Crippen LogP contribution in [0.15, 0.2) is 22.2 Å². The lowest BCUT2D eigenvalue weighted by atomic mass is 10.1. The molecule has 6 nitrogen and oxygen atoms in total. The minimum atomic E-state index is -0.526. The van der Waals surface area contributed by atoms with Crippen molar-refractivity contribution >= 4 is 51.2 Å². The van der Waals surface area contributed by atoms with Crippen molar-refractivity contribution in [3.05, 3.63) is 27.7 Å². The fraction of sp³-hybridized carbons (Fsp3) is 0.312. The van der Waals surface area contributed by atoms with E-state index in [1.807, 2.05) is 13.8 Å². The number of carbonyl (C=O) groups excluding carboxylic acids is 2. The first-order chi connectivity index (χ1) is 11.4. The first kappa shape index (κ1) is 18.4. The van der Waals surface area contributed by atoms with Crippen LogP contribution in [0.2, 0.25) is 0 Å². The second-order valence-electron chi connectivity index (χ2n) is 4.87. The normalized spacial score (nSPS) is 16.4. The molecular formula is C16H17BrN2O4S. The summed E-state index contributed by atoms with van der Waals surface area (Å²) < 4.78 is 11.8. The monoisotopic (exact) mass is 412 g/mol. The Bertz CT molecular complexity index is 733. The van der Waals surface area contributed by atoms with Gasteiger partial charge in [-0.3, -0.25) is 19.8 Å². The maximum absolute atomic E-state index is 12.3. The molecule has 0 spiro atoms. The molecular weight excluding hydrogens is 396 g/mol. The zero-order valence-corrected chi connectivity index (χ0v) is 15.9. The van der Waals surface area contributed by atoms with E-state index in [2.05, 4.69) is 21.2 Å². The number of halogens is 1. The van der Waals surface area contributed by atoms with Crippen molar-refractivity contribution in [1.82, 2.24) is 10.2 Å². The molecule has 0 aliphatic carbocycles. The summed E-state index contributed by atoms with van der Waals surface area (Å²) in [5, 5.41) is 2.56. The molecule has 0 atom stereocenters. The summed E-state index contributed by atoms with van der Waals surface area (Å²) >= 11 is 8.36. The zero-order chi connectivity index (χ0) is 17.9. The van der Waals surface area contributed by atoms with Crippen LogP contribution in [0.3, 0.4) is 0 Å². The van der Waals surface area contributed by atoms with E-state index in [1.165, 1.54) is 18.0 Å². The summed E-state index contributed by atoms with van der Waals surface area (Å²) in [5.41, 5.74) is 0.625. The molecule has 0 bridgehead atoms. The second-order valence-corrected chi connectivity index (χ2v) is 6.11. The molecule has 0 radical (unpaired) electrons. The van der Waals surface area contributed by atoms with Gasteiger partial charge in [0.25, 0.3) is 11.8 Å². The SMILES string of the molecule is CCOc1cc(Br)c(/C=C2\C(=O)NC(=S)N(C)C2=O)cc1OCC. The summed E-state index contributed by atoms with van der Waals surface area (Å²) in [6.07, 6.45) is 1.50. The van der Waals surface area contributed by atoms with Gasteiger partial charge < -0.3 is 9.47 Å². The Balaban J connectivity index is 2.48. The topological polar surface area (TPSA) is 67.9 Å². The number of amides is 2. The van der Waals surface area contributed by atoms with Crippen molar-refractivity contribution in [2.75, 3.05) is 20.3 Å². The van der Waals surface area contributed by atoms with Gasteiger partial charge in [-0.15, -0.1) is 0 Å². The van der Waals surface area contributed by atoms with Crippen molar-refractivity contribution in [2.24, 2.45) is 0 Å². The van der Waals surface area contributed by atoms with Crippen LogP contribution in [0.1, 0.15) is 19.4 Å². The second kappa shape index (κ2) is 7.76. The van der Waals surface area contributed by atoms with E-state index in [4.69, 9.17) is 21.7 Å². The van der Waals surface area contributed by atoms with Crippen molar-refractivity contribution < 1.29 is 19.1 Å². The molecule has 1 N–H and O–H groups in total. The third-order valence-electron chi connectivity index (χ3n) is 3.27. The smallest absolute Gasteiger partial charge is 0.265 e. The molecule has 1 aromatic rings.